The standard InChI is InChI=1S/C21H17ClFN3O/c1-21(8-13-9-24-12-25-10-13)17-6-14(2-3-16(17)11-26-20(21)27)15-4-5-19(23)18(22)7-15/h2-7,9-10,12H,8,11H2,1H3,(H,26,27)/t21-/m1/s1. The molecule has 1 aliphatic rings. The number of nitrogens with one attached hydrogen (secondary N) is 1. The zero-order valence-electron chi connectivity index (χ0n) is 14.7. The summed E-state index contributed by atoms with van der Waals surface area (Å²) in [5.41, 5.74) is 3.84. The Bertz CT molecular complexity index is 1030. The average Bonchev–Trinajstić information content (AvgIpc) is 2.68. The first-order chi connectivity index (χ1) is 13.0. The van der Waals surface area contributed by atoms with Crippen molar-refractivity contribution in [3.63, 3.8) is 0 Å². The van der Waals surface area contributed by atoms with Gasteiger partial charge in [-0.2, -0.15) is 0 Å². The molecule has 6 heteroatoms. The van der Waals surface area contributed by atoms with Crippen molar-refractivity contribution in [2.75, 3.05) is 0 Å². The van der Waals surface area contributed by atoms with Crippen LogP contribution in [0.2, 0.25) is 5.02 Å². The van der Waals surface area contributed by atoms with Crippen LogP contribution in [0.3, 0.4) is 0 Å². The van der Waals surface area contributed by atoms with Crippen molar-refractivity contribution in [3.05, 3.63) is 82.6 Å². The van der Waals surface area contributed by atoms with Crippen LogP contribution in [0.5, 0.6) is 0 Å². The summed E-state index contributed by atoms with van der Waals surface area (Å²) in [6.07, 6.45) is 5.41. The minimum absolute atomic E-state index is 0.0341. The highest BCUT2D eigenvalue weighted by Crippen LogP contribution is 2.37. The van der Waals surface area contributed by atoms with Gasteiger partial charge in [-0.25, -0.2) is 14.4 Å². The molecular formula is C21H17ClFN3O. The van der Waals surface area contributed by atoms with Gasteiger partial charge in [-0.1, -0.05) is 29.8 Å². The second-order valence-corrected chi connectivity index (χ2v) is 7.35. The van der Waals surface area contributed by atoms with Gasteiger partial charge < -0.3 is 5.32 Å². The van der Waals surface area contributed by atoms with Crippen LogP contribution in [0, 0.1) is 5.82 Å². The molecule has 0 aliphatic carbocycles. The number of hydrogen-bond acceptors (Lipinski definition) is 3. The van der Waals surface area contributed by atoms with Crippen LogP contribution in [0.15, 0.2) is 55.1 Å². The number of amides is 1. The maximum Gasteiger partial charge on any atom is 0.230 e. The highest BCUT2D eigenvalue weighted by atomic mass is 35.5. The third kappa shape index (κ3) is 3.19. The molecule has 0 spiro atoms. The first kappa shape index (κ1) is 17.6. The van der Waals surface area contributed by atoms with Crippen LogP contribution in [-0.4, -0.2) is 15.9 Å². The number of carbonyl (C=O) groups is 1. The molecule has 0 radical (unpaired) electrons. The zero-order chi connectivity index (χ0) is 19.0. The second kappa shape index (κ2) is 6.74. The van der Waals surface area contributed by atoms with Gasteiger partial charge >= 0.3 is 0 Å². The summed E-state index contributed by atoms with van der Waals surface area (Å²) in [5, 5.41) is 3.05. The summed E-state index contributed by atoms with van der Waals surface area (Å²) >= 11 is 5.94. The van der Waals surface area contributed by atoms with E-state index < -0.39 is 11.2 Å². The van der Waals surface area contributed by atoms with Crippen molar-refractivity contribution in [2.45, 2.75) is 25.3 Å². The van der Waals surface area contributed by atoms with E-state index in [0.717, 1.165) is 27.8 Å². The van der Waals surface area contributed by atoms with Crippen LogP contribution in [-0.2, 0) is 23.2 Å². The molecule has 1 N–H and O–H groups in total. The minimum atomic E-state index is -0.752. The van der Waals surface area contributed by atoms with Gasteiger partial charge in [-0.3, -0.25) is 4.79 Å². The summed E-state index contributed by atoms with van der Waals surface area (Å²) in [6, 6.07) is 10.6. The first-order valence-corrected chi connectivity index (χ1v) is 8.96. The summed E-state index contributed by atoms with van der Waals surface area (Å²) in [4.78, 5) is 20.9. The van der Waals surface area contributed by atoms with Crippen molar-refractivity contribution < 1.29 is 9.18 Å². The number of carbonyl (C=O) groups excluding carboxylic acids is 1. The van der Waals surface area contributed by atoms with Crippen molar-refractivity contribution in [3.8, 4) is 11.1 Å². The summed E-state index contributed by atoms with van der Waals surface area (Å²) in [7, 11) is 0. The van der Waals surface area contributed by atoms with E-state index in [4.69, 9.17) is 11.6 Å². The molecule has 0 saturated heterocycles. The van der Waals surface area contributed by atoms with Crippen molar-refractivity contribution in [2.24, 2.45) is 0 Å². The van der Waals surface area contributed by atoms with Crippen LogP contribution in [0.1, 0.15) is 23.6 Å². The Labute approximate surface area is 161 Å². The van der Waals surface area contributed by atoms with Crippen LogP contribution in [0.25, 0.3) is 11.1 Å². The summed E-state index contributed by atoms with van der Waals surface area (Å²) in [6.45, 7) is 2.41. The van der Waals surface area contributed by atoms with Crippen molar-refractivity contribution in [1.29, 1.82) is 0 Å². The Morgan fingerprint density at radius 2 is 1.85 bits per heavy atom. The maximum absolute atomic E-state index is 13.5. The SMILES string of the molecule is C[C@]1(Cc2cncnc2)C(=O)NCc2ccc(-c3ccc(F)c(Cl)c3)cc21. The van der Waals surface area contributed by atoms with Crippen LogP contribution < -0.4 is 5.32 Å². The van der Waals surface area contributed by atoms with E-state index in [0.29, 0.717) is 13.0 Å². The van der Waals surface area contributed by atoms with Gasteiger partial charge in [-0.05, 0) is 59.4 Å². The summed E-state index contributed by atoms with van der Waals surface area (Å²) in [5.74, 6) is -0.486. The quantitative estimate of drug-likeness (QED) is 0.744. The van der Waals surface area contributed by atoms with Gasteiger partial charge in [0.1, 0.15) is 12.1 Å². The normalized spacial score (nSPS) is 18.7. The molecule has 3 aromatic rings. The highest BCUT2D eigenvalue weighted by molar-refractivity contribution is 6.31. The Kier molecular flexibility index (Phi) is 4.40. The molecule has 0 bridgehead atoms. The largest absolute Gasteiger partial charge is 0.351 e. The molecule has 0 saturated carbocycles. The minimum Gasteiger partial charge on any atom is -0.351 e. The predicted molar refractivity (Wildman–Crippen MR) is 102 cm³/mol. The predicted octanol–water partition coefficient (Wildman–Crippen LogP) is 4.07. The molecular weight excluding hydrogens is 365 g/mol. The lowest BCUT2D eigenvalue weighted by Gasteiger charge is -2.35. The molecule has 136 valence electrons. The summed E-state index contributed by atoms with van der Waals surface area (Å²) < 4.78 is 13.5. The number of aromatic nitrogens is 2. The number of fused-ring (bicyclic) bond motifs is 1. The lowest BCUT2D eigenvalue weighted by molar-refractivity contribution is -0.127. The molecule has 0 unspecified atom stereocenters. The maximum atomic E-state index is 13.5. The van der Waals surface area contributed by atoms with E-state index in [9.17, 15) is 9.18 Å². The Morgan fingerprint density at radius 3 is 2.59 bits per heavy atom. The Hall–Kier alpha value is -2.79. The molecule has 1 atom stereocenters. The van der Waals surface area contributed by atoms with E-state index in [1.54, 1.807) is 24.5 Å². The number of halogens is 2. The van der Waals surface area contributed by atoms with E-state index in [2.05, 4.69) is 15.3 Å². The number of rotatable bonds is 3. The van der Waals surface area contributed by atoms with Gasteiger partial charge in [-0.15, -0.1) is 0 Å². The zero-order valence-corrected chi connectivity index (χ0v) is 15.4. The van der Waals surface area contributed by atoms with Gasteiger partial charge in [0, 0.05) is 18.9 Å². The molecule has 27 heavy (non-hydrogen) atoms. The third-order valence-corrected chi connectivity index (χ3v) is 5.36. The first-order valence-electron chi connectivity index (χ1n) is 8.58. The Balaban J connectivity index is 1.80. The van der Waals surface area contributed by atoms with E-state index in [1.807, 2.05) is 25.1 Å². The van der Waals surface area contributed by atoms with Gasteiger partial charge in [0.2, 0.25) is 5.91 Å². The molecule has 1 aromatic heterocycles. The highest BCUT2D eigenvalue weighted by Gasteiger charge is 2.40. The molecule has 2 heterocycles. The van der Waals surface area contributed by atoms with Gasteiger partial charge in [0.15, 0.2) is 0 Å². The lowest BCUT2D eigenvalue weighted by atomic mass is 9.72. The molecule has 2 aromatic carbocycles. The van der Waals surface area contributed by atoms with E-state index >= 15 is 0 Å². The second-order valence-electron chi connectivity index (χ2n) is 6.94. The van der Waals surface area contributed by atoms with Crippen molar-refractivity contribution in [1.82, 2.24) is 15.3 Å². The number of benzene rings is 2. The molecule has 1 aliphatic heterocycles. The van der Waals surface area contributed by atoms with Crippen LogP contribution >= 0.6 is 11.6 Å². The average molecular weight is 382 g/mol. The smallest absolute Gasteiger partial charge is 0.230 e. The van der Waals surface area contributed by atoms with E-state index in [-0.39, 0.29) is 10.9 Å². The van der Waals surface area contributed by atoms with E-state index in [1.165, 1.54) is 12.4 Å². The lowest BCUT2D eigenvalue weighted by Crippen LogP contribution is -2.48. The fourth-order valence-electron chi connectivity index (χ4n) is 3.60. The van der Waals surface area contributed by atoms with Gasteiger partial charge in [0.25, 0.3) is 0 Å². The molecule has 4 nitrogen and oxygen atoms in total. The molecule has 1 amide bonds. The van der Waals surface area contributed by atoms with Crippen LogP contribution in [0.4, 0.5) is 4.39 Å². The topological polar surface area (TPSA) is 54.9 Å². The number of nitrogens with zero attached hydrogens (tertiary/aromatic N) is 2. The monoisotopic (exact) mass is 381 g/mol. The number of hydrogen-bond donors (Lipinski definition) is 1. The fourth-order valence-corrected chi connectivity index (χ4v) is 3.78. The Morgan fingerprint density at radius 1 is 1.15 bits per heavy atom. The van der Waals surface area contributed by atoms with Crippen molar-refractivity contribution >= 4 is 17.5 Å². The molecule has 0 fully saturated rings. The third-order valence-electron chi connectivity index (χ3n) is 5.07. The fraction of sp³-hybridized carbons (Fsp3) is 0.190. The van der Waals surface area contributed by atoms with Gasteiger partial charge in [0.05, 0.1) is 10.4 Å². The molecule has 4 rings (SSSR count).